The molecule has 0 radical (unpaired) electrons. The summed E-state index contributed by atoms with van der Waals surface area (Å²) in [5.74, 6) is 0.859. The van der Waals surface area contributed by atoms with Gasteiger partial charge in [0.25, 0.3) is 0 Å². The van der Waals surface area contributed by atoms with Gasteiger partial charge in [-0.05, 0) is 56.0 Å². The number of hydrogen-bond acceptors (Lipinski definition) is 3. The molecule has 2 aromatic rings. The average molecular weight is 327 g/mol. The third-order valence-corrected chi connectivity index (χ3v) is 3.94. The molecule has 0 aromatic heterocycles. The molecule has 0 aliphatic carbocycles. The predicted octanol–water partition coefficient (Wildman–Crippen LogP) is 5.01. The number of nitrogens with one attached hydrogen (secondary N) is 1. The Morgan fingerprint density at radius 1 is 1.08 bits per heavy atom. The Balaban J connectivity index is 2.16. The Hall–Kier alpha value is -2.49. The zero-order valence-corrected chi connectivity index (χ0v) is 14.8. The first-order valence-electron chi connectivity index (χ1n) is 8.29. The normalized spacial score (nSPS) is 10.3. The van der Waals surface area contributed by atoms with E-state index in [0.717, 1.165) is 34.5 Å². The lowest BCUT2D eigenvalue weighted by Crippen LogP contribution is -2.15. The van der Waals surface area contributed by atoms with Crippen molar-refractivity contribution >= 4 is 11.8 Å². The minimum absolute atomic E-state index is 0.340. The van der Waals surface area contributed by atoms with E-state index in [1.807, 2.05) is 38.1 Å². The van der Waals surface area contributed by atoms with Crippen LogP contribution in [0, 0.1) is 13.8 Å². The van der Waals surface area contributed by atoms with Crippen molar-refractivity contribution < 1.29 is 14.3 Å². The molecule has 4 nitrogen and oxygen atoms in total. The second-order valence-electron chi connectivity index (χ2n) is 5.69. The molecule has 2 aromatic carbocycles. The summed E-state index contributed by atoms with van der Waals surface area (Å²) in [4.78, 5) is 11.7. The van der Waals surface area contributed by atoms with Crippen LogP contribution in [-0.2, 0) is 17.8 Å². The molecule has 0 bridgehead atoms. The molecule has 1 N–H and O–H groups in total. The number of carbonyl (C=O) groups excluding carboxylic acids is 1. The summed E-state index contributed by atoms with van der Waals surface area (Å²) in [5.41, 5.74) is 5.14. The first kappa shape index (κ1) is 17.9. The number of amides is 1. The molecule has 0 heterocycles. The number of benzene rings is 2. The van der Waals surface area contributed by atoms with Gasteiger partial charge in [0.1, 0.15) is 12.4 Å². The predicted molar refractivity (Wildman–Crippen MR) is 96.7 cm³/mol. The molecule has 0 saturated heterocycles. The molecule has 0 aliphatic heterocycles. The average Bonchev–Trinajstić information content (AvgIpc) is 2.55. The largest absolute Gasteiger partial charge is 0.489 e. The highest BCUT2D eigenvalue weighted by Gasteiger charge is 2.11. The van der Waals surface area contributed by atoms with Crippen LogP contribution in [0.1, 0.15) is 36.1 Å². The van der Waals surface area contributed by atoms with Crippen molar-refractivity contribution in [1.29, 1.82) is 0 Å². The Labute approximate surface area is 143 Å². The SMILES string of the molecule is CCOC(=O)Nc1cccc(C)c1COc1ccc(CC)cc1C. The minimum atomic E-state index is -0.451. The maximum Gasteiger partial charge on any atom is 0.411 e. The molecule has 2 rings (SSSR count). The third-order valence-electron chi connectivity index (χ3n) is 3.94. The summed E-state index contributed by atoms with van der Waals surface area (Å²) in [6.45, 7) is 8.69. The lowest BCUT2D eigenvalue weighted by molar-refractivity contribution is 0.168. The number of ether oxygens (including phenoxy) is 2. The number of aryl methyl sites for hydroxylation is 3. The lowest BCUT2D eigenvalue weighted by atomic mass is 10.1. The molecule has 0 atom stereocenters. The van der Waals surface area contributed by atoms with Crippen LogP contribution in [0.5, 0.6) is 5.75 Å². The molecular formula is C20H25NO3. The van der Waals surface area contributed by atoms with E-state index in [9.17, 15) is 4.79 Å². The van der Waals surface area contributed by atoms with Crippen LogP contribution in [0.25, 0.3) is 0 Å². The molecule has 0 fully saturated rings. The van der Waals surface area contributed by atoms with Gasteiger partial charge in [-0.25, -0.2) is 4.79 Å². The number of hydrogen-bond donors (Lipinski definition) is 1. The van der Waals surface area contributed by atoms with E-state index >= 15 is 0 Å². The summed E-state index contributed by atoms with van der Waals surface area (Å²) < 4.78 is 11.0. The highest BCUT2D eigenvalue weighted by Crippen LogP contribution is 2.25. The van der Waals surface area contributed by atoms with Gasteiger partial charge in [0.15, 0.2) is 0 Å². The maximum atomic E-state index is 11.7. The van der Waals surface area contributed by atoms with E-state index in [-0.39, 0.29) is 0 Å². The van der Waals surface area contributed by atoms with Gasteiger partial charge in [-0.2, -0.15) is 0 Å². The Kier molecular flexibility index (Phi) is 6.24. The smallest absolute Gasteiger partial charge is 0.411 e. The summed E-state index contributed by atoms with van der Waals surface area (Å²) in [7, 11) is 0. The zero-order valence-electron chi connectivity index (χ0n) is 14.8. The molecule has 0 unspecified atom stereocenters. The van der Waals surface area contributed by atoms with Crippen molar-refractivity contribution in [3.63, 3.8) is 0 Å². The fraction of sp³-hybridized carbons (Fsp3) is 0.350. The molecule has 1 amide bonds. The molecule has 0 aliphatic rings. The van der Waals surface area contributed by atoms with Crippen molar-refractivity contribution in [3.8, 4) is 5.75 Å². The van der Waals surface area contributed by atoms with Crippen LogP contribution in [0.3, 0.4) is 0 Å². The van der Waals surface area contributed by atoms with E-state index in [1.54, 1.807) is 6.92 Å². The Morgan fingerprint density at radius 2 is 1.88 bits per heavy atom. The maximum absolute atomic E-state index is 11.7. The number of anilines is 1. The fourth-order valence-corrected chi connectivity index (χ4v) is 2.53. The molecule has 128 valence electrons. The van der Waals surface area contributed by atoms with Crippen molar-refractivity contribution in [1.82, 2.24) is 0 Å². The highest BCUT2D eigenvalue weighted by molar-refractivity contribution is 5.85. The van der Waals surface area contributed by atoms with Gasteiger partial charge in [0.05, 0.1) is 12.3 Å². The quantitative estimate of drug-likeness (QED) is 0.811. The second kappa shape index (κ2) is 8.39. The number of carbonyl (C=O) groups is 1. The van der Waals surface area contributed by atoms with Gasteiger partial charge >= 0.3 is 6.09 Å². The lowest BCUT2D eigenvalue weighted by Gasteiger charge is -2.16. The van der Waals surface area contributed by atoms with Crippen molar-refractivity contribution in [2.75, 3.05) is 11.9 Å². The monoisotopic (exact) mass is 327 g/mol. The van der Waals surface area contributed by atoms with E-state index in [0.29, 0.717) is 13.2 Å². The van der Waals surface area contributed by atoms with Crippen LogP contribution in [-0.4, -0.2) is 12.7 Å². The summed E-state index contributed by atoms with van der Waals surface area (Å²) in [5, 5.41) is 2.78. The van der Waals surface area contributed by atoms with E-state index in [4.69, 9.17) is 9.47 Å². The van der Waals surface area contributed by atoms with Crippen LogP contribution >= 0.6 is 0 Å². The molecule has 4 heteroatoms. The highest BCUT2D eigenvalue weighted by atomic mass is 16.5. The standard InChI is InChI=1S/C20H25NO3/c1-5-16-10-11-19(15(4)12-16)24-13-17-14(3)8-7-9-18(17)21-20(22)23-6-2/h7-12H,5-6,13H2,1-4H3,(H,21,22). The molecule has 24 heavy (non-hydrogen) atoms. The Bertz CT molecular complexity index is 710. The van der Waals surface area contributed by atoms with Crippen molar-refractivity contribution in [2.45, 2.75) is 40.7 Å². The van der Waals surface area contributed by atoms with E-state index in [2.05, 4.69) is 24.4 Å². The first-order valence-corrected chi connectivity index (χ1v) is 8.29. The summed E-state index contributed by atoms with van der Waals surface area (Å²) in [6, 6.07) is 12.0. The van der Waals surface area contributed by atoms with Gasteiger partial charge in [0, 0.05) is 5.56 Å². The van der Waals surface area contributed by atoms with Gasteiger partial charge in [0.2, 0.25) is 0 Å². The van der Waals surface area contributed by atoms with Crippen LogP contribution in [0.4, 0.5) is 10.5 Å². The molecule has 0 saturated carbocycles. The zero-order chi connectivity index (χ0) is 17.5. The minimum Gasteiger partial charge on any atom is -0.489 e. The second-order valence-corrected chi connectivity index (χ2v) is 5.69. The van der Waals surface area contributed by atoms with Crippen molar-refractivity contribution in [2.24, 2.45) is 0 Å². The van der Waals surface area contributed by atoms with E-state index < -0.39 is 6.09 Å². The molecular weight excluding hydrogens is 302 g/mol. The van der Waals surface area contributed by atoms with Gasteiger partial charge < -0.3 is 9.47 Å². The van der Waals surface area contributed by atoms with Gasteiger partial charge in [-0.1, -0.05) is 31.2 Å². The van der Waals surface area contributed by atoms with Crippen LogP contribution in [0.2, 0.25) is 0 Å². The van der Waals surface area contributed by atoms with E-state index in [1.165, 1.54) is 5.56 Å². The molecule has 0 spiro atoms. The van der Waals surface area contributed by atoms with Gasteiger partial charge in [-0.15, -0.1) is 0 Å². The Morgan fingerprint density at radius 3 is 2.54 bits per heavy atom. The summed E-state index contributed by atoms with van der Waals surface area (Å²) >= 11 is 0. The van der Waals surface area contributed by atoms with Crippen molar-refractivity contribution in [3.05, 3.63) is 58.7 Å². The third kappa shape index (κ3) is 4.51. The topological polar surface area (TPSA) is 47.6 Å². The number of rotatable bonds is 6. The summed E-state index contributed by atoms with van der Waals surface area (Å²) in [6.07, 6.45) is 0.555. The first-order chi connectivity index (χ1) is 11.5. The fourth-order valence-electron chi connectivity index (χ4n) is 2.53. The van der Waals surface area contributed by atoms with Gasteiger partial charge in [-0.3, -0.25) is 5.32 Å². The van der Waals surface area contributed by atoms with Crippen LogP contribution in [0.15, 0.2) is 36.4 Å². The van der Waals surface area contributed by atoms with Crippen LogP contribution < -0.4 is 10.1 Å².